The van der Waals surface area contributed by atoms with Gasteiger partial charge in [0.15, 0.2) is 11.3 Å². The minimum Gasteiger partial charge on any atom is -0.497 e. The van der Waals surface area contributed by atoms with Crippen LogP contribution in [0.25, 0.3) is 11.0 Å². The highest BCUT2D eigenvalue weighted by molar-refractivity contribution is 5.79. The van der Waals surface area contributed by atoms with Crippen molar-refractivity contribution >= 4 is 11.0 Å². The zero-order chi connectivity index (χ0) is 11.7. The van der Waals surface area contributed by atoms with Gasteiger partial charge in [0.1, 0.15) is 11.5 Å². The molecule has 0 atom stereocenters. The second-order valence-corrected chi connectivity index (χ2v) is 3.43. The van der Waals surface area contributed by atoms with Crippen molar-refractivity contribution in [1.82, 2.24) is 0 Å². The van der Waals surface area contributed by atoms with Crippen LogP contribution in [0.15, 0.2) is 27.4 Å². The van der Waals surface area contributed by atoms with Crippen LogP contribution in [0.3, 0.4) is 0 Å². The molecule has 2 rings (SSSR count). The molecule has 1 aromatic carbocycles. The fourth-order valence-electron chi connectivity index (χ4n) is 1.59. The van der Waals surface area contributed by atoms with Crippen molar-refractivity contribution in [2.24, 2.45) is 0 Å². The Bertz CT molecular complexity index is 583. The molecule has 4 nitrogen and oxygen atoms in total. The smallest absolute Gasteiger partial charge is 0.263 e. The van der Waals surface area contributed by atoms with Crippen LogP contribution in [0, 0.1) is 6.92 Å². The molecule has 1 heterocycles. The fraction of sp³-hybridized carbons (Fsp3) is 0.250. The first-order valence-corrected chi connectivity index (χ1v) is 4.82. The Morgan fingerprint density at radius 2 is 1.88 bits per heavy atom. The lowest BCUT2D eigenvalue weighted by Gasteiger charge is -1.96. The molecule has 4 heteroatoms. The SMILES string of the molecule is COc1cc(OC)c(=O)c2oc(C)cc2c1. The van der Waals surface area contributed by atoms with Crippen molar-refractivity contribution in [2.75, 3.05) is 14.2 Å². The maximum absolute atomic E-state index is 12.0. The predicted octanol–water partition coefficient (Wildman–Crippen LogP) is 2.12. The van der Waals surface area contributed by atoms with Gasteiger partial charge < -0.3 is 13.9 Å². The fourth-order valence-corrected chi connectivity index (χ4v) is 1.59. The molecule has 0 amide bonds. The summed E-state index contributed by atoms with van der Waals surface area (Å²) < 4.78 is 15.5. The molecule has 1 aromatic heterocycles. The molecule has 0 radical (unpaired) electrons. The number of furan rings is 1. The molecule has 0 aliphatic carbocycles. The second kappa shape index (κ2) is 3.89. The average Bonchev–Trinajstić information content (AvgIpc) is 2.58. The highest BCUT2D eigenvalue weighted by Gasteiger charge is 2.10. The second-order valence-electron chi connectivity index (χ2n) is 3.43. The van der Waals surface area contributed by atoms with Crippen LogP contribution in [0.5, 0.6) is 11.5 Å². The van der Waals surface area contributed by atoms with E-state index in [1.54, 1.807) is 25.1 Å². The monoisotopic (exact) mass is 220 g/mol. The van der Waals surface area contributed by atoms with E-state index in [1.807, 2.05) is 0 Å². The molecule has 2 aromatic rings. The molecule has 84 valence electrons. The van der Waals surface area contributed by atoms with Gasteiger partial charge in [-0.3, -0.25) is 4.79 Å². The molecule has 0 aliphatic heterocycles. The van der Waals surface area contributed by atoms with Gasteiger partial charge in [-0.05, 0) is 19.1 Å². The van der Waals surface area contributed by atoms with Crippen LogP contribution in [-0.2, 0) is 0 Å². The van der Waals surface area contributed by atoms with E-state index >= 15 is 0 Å². The third-order valence-electron chi connectivity index (χ3n) is 2.34. The van der Waals surface area contributed by atoms with Crippen molar-refractivity contribution in [3.8, 4) is 11.5 Å². The van der Waals surface area contributed by atoms with Gasteiger partial charge in [0, 0.05) is 11.5 Å². The molecule has 0 bridgehead atoms. The first kappa shape index (κ1) is 10.5. The molecular weight excluding hydrogens is 208 g/mol. The quantitative estimate of drug-likeness (QED) is 0.777. The standard InChI is InChI=1S/C12H12O4/c1-7-4-8-5-9(14-2)6-10(15-3)11(13)12(8)16-7/h4-6H,1-3H3. The minimum atomic E-state index is -0.270. The minimum absolute atomic E-state index is 0.209. The van der Waals surface area contributed by atoms with Crippen LogP contribution in [0.4, 0.5) is 0 Å². The molecule has 0 spiro atoms. The Kier molecular flexibility index (Phi) is 2.56. The van der Waals surface area contributed by atoms with Gasteiger partial charge >= 0.3 is 0 Å². The molecule has 0 saturated carbocycles. The summed E-state index contributed by atoms with van der Waals surface area (Å²) in [5.74, 6) is 1.45. The largest absolute Gasteiger partial charge is 0.497 e. The molecule has 0 N–H and O–H groups in total. The molecular formula is C12H12O4. The van der Waals surface area contributed by atoms with Gasteiger partial charge in [-0.1, -0.05) is 0 Å². The first-order valence-electron chi connectivity index (χ1n) is 4.82. The van der Waals surface area contributed by atoms with Gasteiger partial charge in [-0.2, -0.15) is 0 Å². The zero-order valence-corrected chi connectivity index (χ0v) is 9.37. The normalized spacial score (nSPS) is 10.4. The molecule has 0 unspecified atom stereocenters. The van der Waals surface area contributed by atoms with Gasteiger partial charge in [0.2, 0.25) is 0 Å². The first-order chi connectivity index (χ1) is 7.65. The predicted molar refractivity (Wildman–Crippen MR) is 60.3 cm³/mol. The lowest BCUT2D eigenvalue weighted by Crippen LogP contribution is -2.01. The summed E-state index contributed by atoms with van der Waals surface area (Å²) in [5.41, 5.74) is 0.0200. The molecule has 0 fully saturated rings. The highest BCUT2D eigenvalue weighted by atomic mass is 16.5. The van der Waals surface area contributed by atoms with E-state index in [0.717, 1.165) is 0 Å². The number of ether oxygens (including phenoxy) is 2. The Labute approximate surface area is 92.4 Å². The summed E-state index contributed by atoms with van der Waals surface area (Å²) in [4.78, 5) is 12.0. The lowest BCUT2D eigenvalue weighted by molar-refractivity contribution is 0.394. The van der Waals surface area contributed by atoms with E-state index < -0.39 is 0 Å². The number of methoxy groups -OCH3 is 2. The maximum atomic E-state index is 12.0. The zero-order valence-electron chi connectivity index (χ0n) is 9.37. The van der Waals surface area contributed by atoms with Crippen molar-refractivity contribution in [2.45, 2.75) is 6.92 Å². The van der Waals surface area contributed by atoms with Crippen molar-refractivity contribution < 1.29 is 13.9 Å². The highest BCUT2D eigenvalue weighted by Crippen LogP contribution is 2.23. The number of rotatable bonds is 2. The Morgan fingerprint density at radius 3 is 2.50 bits per heavy atom. The number of aryl methyl sites for hydroxylation is 1. The van der Waals surface area contributed by atoms with Crippen LogP contribution in [0.2, 0.25) is 0 Å². The topological polar surface area (TPSA) is 48.7 Å². The van der Waals surface area contributed by atoms with Crippen molar-refractivity contribution in [3.05, 3.63) is 34.2 Å². The summed E-state index contributed by atoms with van der Waals surface area (Å²) in [6.07, 6.45) is 0. The van der Waals surface area contributed by atoms with E-state index in [1.165, 1.54) is 14.2 Å². The van der Waals surface area contributed by atoms with Crippen LogP contribution < -0.4 is 14.9 Å². The van der Waals surface area contributed by atoms with Gasteiger partial charge in [0.25, 0.3) is 5.43 Å². The van der Waals surface area contributed by atoms with E-state index in [9.17, 15) is 4.79 Å². The lowest BCUT2D eigenvalue weighted by atomic mass is 10.3. The van der Waals surface area contributed by atoms with Gasteiger partial charge in [-0.15, -0.1) is 0 Å². The van der Waals surface area contributed by atoms with E-state index in [2.05, 4.69) is 0 Å². The third-order valence-corrected chi connectivity index (χ3v) is 2.34. The average molecular weight is 220 g/mol. The third kappa shape index (κ3) is 1.62. The number of hydrogen-bond acceptors (Lipinski definition) is 4. The summed E-state index contributed by atoms with van der Waals surface area (Å²) in [6, 6.07) is 5.08. The summed E-state index contributed by atoms with van der Waals surface area (Å²) in [6.45, 7) is 1.79. The maximum Gasteiger partial charge on any atom is 0.263 e. The van der Waals surface area contributed by atoms with Gasteiger partial charge in [-0.25, -0.2) is 0 Å². The molecule has 0 saturated heterocycles. The van der Waals surface area contributed by atoms with Crippen LogP contribution >= 0.6 is 0 Å². The van der Waals surface area contributed by atoms with Gasteiger partial charge in [0.05, 0.1) is 14.2 Å². The van der Waals surface area contributed by atoms with Crippen molar-refractivity contribution in [1.29, 1.82) is 0 Å². The number of fused-ring (bicyclic) bond motifs is 1. The number of hydrogen-bond donors (Lipinski definition) is 0. The van der Waals surface area contributed by atoms with E-state index in [0.29, 0.717) is 16.9 Å². The summed E-state index contributed by atoms with van der Waals surface area (Å²) in [5, 5.41) is 0.711. The summed E-state index contributed by atoms with van der Waals surface area (Å²) in [7, 11) is 2.98. The van der Waals surface area contributed by atoms with E-state index in [4.69, 9.17) is 13.9 Å². The molecule has 16 heavy (non-hydrogen) atoms. The Hall–Kier alpha value is -1.97. The Balaban J connectivity index is 2.92. The van der Waals surface area contributed by atoms with E-state index in [-0.39, 0.29) is 16.8 Å². The Morgan fingerprint density at radius 1 is 1.12 bits per heavy atom. The van der Waals surface area contributed by atoms with Crippen LogP contribution in [0.1, 0.15) is 5.76 Å². The summed E-state index contributed by atoms with van der Waals surface area (Å²) >= 11 is 0. The van der Waals surface area contributed by atoms with Crippen LogP contribution in [-0.4, -0.2) is 14.2 Å². The molecule has 0 aliphatic rings. The van der Waals surface area contributed by atoms with Crippen molar-refractivity contribution in [3.63, 3.8) is 0 Å².